The molecule has 0 fully saturated rings. The molecule has 1 rings (SSSR count). The Hall–Kier alpha value is -2.30. The molecule has 5 heteroatoms. The van der Waals surface area contributed by atoms with Crippen LogP contribution in [0.3, 0.4) is 0 Å². The molecule has 19 heavy (non-hydrogen) atoms. The van der Waals surface area contributed by atoms with Crippen molar-refractivity contribution in [3.8, 4) is 5.75 Å². The van der Waals surface area contributed by atoms with Crippen molar-refractivity contribution in [2.45, 2.75) is 20.8 Å². The fraction of sp³-hybridized carbons (Fsp3) is 0.286. The van der Waals surface area contributed by atoms with Gasteiger partial charge in [0, 0.05) is 6.92 Å². The predicted molar refractivity (Wildman–Crippen MR) is 71.4 cm³/mol. The van der Waals surface area contributed by atoms with Gasteiger partial charge in [0.15, 0.2) is 0 Å². The van der Waals surface area contributed by atoms with Crippen LogP contribution in [0.4, 0.5) is 0 Å². The maximum atomic E-state index is 11.3. The molecular formula is C14H17NO4. The first-order valence-electron chi connectivity index (χ1n) is 5.70. The summed E-state index contributed by atoms with van der Waals surface area (Å²) in [6.07, 6.45) is 1.55. The highest BCUT2D eigenvalue weighted by Crippen LogP contribution is 2.23. The second-order valence-corrected chi connectivity index (χ2v) is 4.16. The Morgan fingerprint density at radius 1 is 1.21 bits per heavy atom. The average Bonchev–Trinajstić information content (AvgIpc) is 2.31. The normalized spacial score (nSPS) is 11.1. The maximum absolute atomic E-state index is 11.3. The highest BCUT2D eigenvalue weighted by molar-refractivity contribution is 5.93. The number of aryl methyl sites for hydroxylation is 2. The third-order valence-corrected chi connectivity index (χ3v) is 2.55. The number of carbonyl (C=O) groups excluding carboxylic acids is 2. The fourth-order valence-electron chi connectivity index (χ4n) is 1.72. The standard InChI is InChI=1S/C14H17NO4/c1-8-5-11(19-10(3)16)6-9(2)12(8)7-13(15)14(17)18-4/h5-7H,15H2,1-4H3/b13-7-. The van der Waals surface area contributed by atoms with Crippen LogP contribution in [0.2, 0.25) is 0 Å². The molecule has 5 nitrogen and oxygen atoms in total. The van der Waals surface area contributed by atoms with Crippen molar-refractivity contribution < 1.29 is 19.1 Å². The Morgan fingerprint density at radius 3 is 2.16 bits per heavy atom. The molecule has 0 spiro atoms. The zero-order valence-corrected chi connectivity index (χ0v) is 11.4. The van der Waals surface area contributed by atoms with Crippen LogP contribution in [0.1, 0.15) is 23.6 Å². The first-order valence-corrected chi connectivity index (χ1v) is 5.70. The molecular weight excluding hydrogens is 246 g/mol. The van der Waals surface area contributed by atoms with Crippen molar-refractivity contribution in [1.29, 1.82) is 0 Å². The molecule has 0 bridgehead atoms. The molecule has 102 valence electrons. The molecule has 1 aromatic carbocycles. The van der Waals surface area contributed by atoms with Gasteiger partial charge in [0.25, 0.3) is 0 Å². The van der Waals surface area contributed by atoms with E-state index in [9.17, 15) is 9.59 Å². The van der Waals surface area contributed by atoms with E-state index >= 15 is 0 Å². The first kappa shape index (κ1) is 14.8. The number of ether oxygens (including phenoxy) is 2. The number of methoxy groups -OCH3 is 1. The molecule has 0 aliphatic rings. The van der Waals surface area contributed by atoms with Crippen LogP contribution in [0.5, 0.6) is 5.75 Å². The minimum absolute atomic E-state index is 0.0222. The fourth-order valence-corrected chi connectivity index (χ4v) is 1.72. The van der Waals surface area contributed by atoms with Gasteiger partial charge in [0.1, 0.15) is 11.4 Å². The number of benzene rings is 1. The van der Waals surface area contributed by atoms with E-state index in [1.807, 2.05) is 13.8 Å². The molecule has 0 saturated carbocycles. The largest absolute Gasteiger partial charge is 0.464 e. The van der Waals surface area contributed by atoms with E-state index < -0.39 is 5.97 Å². The SMILES string of the molecule is COC(=O)/C(N)=C/c1c(C)cc(OC(C)=O)cc1C. The lowest BCUT2D eigenvalue weighted by molar-refractivity contribution is -0.136. The van der Waals surface area contributed by atoms with Crippen LogP contribution >= 0.6 is 0 Å². The summed E-state index contributed by atoms with van der Waals surface area (Å²) in [7, 11) is 1.27. The summed E-state index contributed by atoms with van der Waals surface area (Å²) in [5.74, 6) is -0.490. The third-order valence-electron chi connectivity index (χ3n) is 2.55. The van der Waals surface area contributed by atoms with Crippen molar-refractivity contribution in [3.63, 3.8) is 0 Å². The van der Waals surface area contributed by atoms with Crippen LogP contribution in [0, 0.1) is 13.8 Å². The summed E-state index contributed by atoms with van der Waals surface area (Å²) >= 11 is 0. The lowest BCUT2D eigenvalue weighted by atomic mass is 10.0. The summed E-state index contributed by atoms with van der Waals surface area (Å²) in [5.41, 5.74) is 8.14. The molecule has 0 heterocycles. The van der Waals surface area contributed by atoms with Crippen LogP contribution in [-0.4, -0.2) is 19.0 Å². The predicted octanol–water partition coefficient (Wildman–Crippen LogP) is 1.70. The molecule has 1 aromatic rings. The molecule has 2 N–H and O–H groups in total. The Kier molecular flexibility index (Phi) is 4.69. The van der Waals surface area contributed by atoms with E-state index in [1.54, 1.807) is 18.2 Å². The minimum atomic E-state index is -0.581. The van der Waals surface area contributed by atoms with Gasteiger partial charge in [0.2, 0.25) is 0 Å². The molecule has 0 radical (unpaired) electrons. The molecule has 0 amide bonds. The average molecular weight is 263 g/mol. The number of carbonyl (C=O) groups is 2. The molecule has 0 aliphatic heterocycles. The summed E-state index contributed by atoms with van der Waals surface area (Å²) in [6, 6.07) is 3.43. The van der Waals surface area contributed by atoms with E-state index in [1.165, 1.54) is 14.0 Å². The van der Waals surface area contributed by atoms with E-state index in [4.69, 9.17) is 10.5 Å². The summed E-state index contributed by atoms with van der Waals surface area (Å²) in [4.78, 5) is 22.2. The van der Waals surface area contributed by atoms with Gasteiger partial charge in [-0.3, -0.25) is 4.79 Å². The molecule has 0 aliphatic carbocycles. The van der Waals surface area contributed by atoms with E-state index in [0.717, 1.165) is 16.7 Å². The Bertz CT molecular complexity index is 523. The van der Waals surface area contributed by atoms with Crippen molar-refractivity contribution in [2.24, 2.45) is 5.73 Å². The number of esters is 2. The van der Waals surface area contributed by atoms with E-state index in [0.29, 0.717) is 5.75 Å². The Balaban J connectivity index is 3.17. The maximum Gasteiger partial charge on any atom is 0.353 e. The topological polar surface area (TPSA) is 78.6 Å². The summed E-state index contributed by atoms with van der Waals surface area (Å²) in [6.45, 7) is 5.03. The van der Waals surface area contributed by atoms with Crippen LogP contribution in [0.15, 0.2) is 17.8 Å². The van der Waals surface area contributed by atoms with Crippen molar-refractivity contribution in [2.75, 3.05) is 7.11 Å². The lowest BCUT2D eigenvalue weighted by Crippen LogP contribution is -2.12. The van der Waals surface area contributed by atoms with Crippen molar-refractivity contribution >= 4 is 18.0 Å². The first-order chi connectivity index (χ1) is 8.85. The third kappa shape index (κ3) is 3.84. The van der Waals surface area contributed by atoms with Gasteiger partial charge >= 0.3 is 11.9 Å². The van der Waals surface area contributed by atoms with Crippen molar-refractivity contribution in [1.82, 2.24) is 0 Å². The smallest absolute Gasteiger partial charge is 0.353 e. The second kappa shape index (κ2) is 6.04. The van der Waals surface area contributed by atoms with E-state index in [-0.39, 0.29) is 11.7 Å². The summed E-state index contributed by atoms with van der Waals surface area (Å²) < 4.78 is 9.56. The van der Waals surface area contributed by atoms with Gasteiger partial charge < -0.3 is 15.2 Å². The number of nitrogens with two attached hydrogens (primary N) is 1. The van der Waals surface area contributed by atoms with Gasteiger partial charge in [-0.05, 0) is 48.7 Å². The highest BCUT2D eigenvalue weighted by Gasteiger charge is 2.09. The Labute approximate surface area is 112 Å². The van der Waals surface area contributed by atoms with Crippen molar-refractivity contribution in [3.05, 3.63) is 34.5 Å². The number of rotatable bonds is 3. The lowest BCUT2D eigenvalue weighted by Gasteiger charge is -2.10. The van der Waals surface area contributed by atoms with Gasteiger partial charge in [-0.15, -0.1) is 0 Å². The van der Waals surface area contributed by atoms with Gasteiger partial charge in [-0.1, -0.05) is 0 Å². The van der Waals surface area contributed by atoms with Crippen LogP contribution < -0.4 is 10.5 Å². The zero-order valence-electron chi connectivity index (χ0n) is 11.4. The van der Waals surface area contributed by atoms with Gasteiger partial charge in [-0.2, -0.15) is 0 Å². The van der Waals surface area contributed by atoms with Gasteiger partial charge in [-0.25, -0.2) is 4.79 Å². The number of hydrogen-bond acceptors (Lipinski definition) is 5. The molecule has 0 aromatic heterocycles. The molecule has 0 unspecified atom stereocenters. The monoisotopic (exact) mass is 263 g/mol. The minimum Gasteiger partial charge on any atom is -0.464 e. The molecule has 0 saturated heterocycles. The van der Waals surface area contributed by atoms with Gasteiger partial charge in [0.05, 0.1) is 7.11 Å². The molecule has 0 atom stereocenters. The second-order valence-electron chi connectivity index (χ2n) is 4.16. The van der Waals surface area contributed by atoms with Crippen LogP contribution in [0.25, 0.3) is 6.08 Å². The van der Waals surface area contributed by atoms with Crippen LogP contribution in [-0.2, 0) is 14.3 Å². The number of hydrogen-bond donors (Lipinski definition) is 1. The Morgan fingerprint density at radius 2 is 1.74 bits per heavy atom. The van der Waals surface area contributed by atoms with E-state index in [2.05, 4.69) is 4.74 Å². The highest BCUT2D eigenvalue weighted by atomic mass is 16.5. The zero-order chi connectivity index (χ0) is 14.6. The quantitative estimate of drug-likeness (QED) is 0.510. The summed E-state index contributed by atoms with van der Waals surface area (Å²) in [5, 5.41) is 0.